The number of amides is 2. The van der Waals surface area contributed by atoms with E-state index in [1.165, 1.54) is 11.1 Å². The average molecular weight is 418 g/mol. The predicted molar refractivity (Wildman–Crippen MR) is 119 cm³/mol. The third kappa shape index (κ3) is 1.84. The van der Waals surface area contributed by atoms with Crippen LogP contribution in [0.5, 0.6) is 0 Å². The molecule has 5 heteroatoms. The molecular formula is C26H31N3O2. The van der Waals surface area contributed by atoms with Gasteiger partial charge in [-0.15, -0.1) is 0 Å². The highest BCUT2D eigenvalue weighted by molar-refractivity contribution is 5.99. The van der Waals surface area contributed by atoms with Crippen molar-refractivity contribution in [1.29, 1.82) is 0 Å². The zero-order valence-corrected chi connectivity index (χ0v) is 18.4. The molecule has 5 aliphatic carbocycles. The van der Waals surface area contributed by atoms with Crippen LogP contribution in [0.2, 0.25) is 0 Å². The van der Waals surface area contributed by atoms with Crippen LogP contribution >= 0.6 is 0 Å². The maximum atomic E-state index is 13.6. The lowest BCUT2D eigenvalue weighted by molar-refractivity contribution is -0.161. The Hall–Kier alpha value is -2.30. The van der Waals surface area contributed by atoms with Gasteiger partial charge in [-0.3, -0.25) is 14.6 Å². The number of hydrazine groups is 1. The zero-order chi connectivity index (χ0) is 21.3. The normalized spacial score (nSPS) is 42.8. The summed E-state index contributed by atoms with van der Waals surface area (Å²) < 4.78 is 0. The van der Waals surface area contributed by atoms with Crippen LogP contribution in [0.4, 0.5) is 5.69 Å². The summed E-state index contributed by atoms with van der Waals surface area (Å²) in [6.45, 7) is 4.10. The van der Waals surface area contributed by atoms with Crippen molar-refractivity contribution in [3.05, 3.63) is 35.4 Å². The second-order valence-corrected chi connectivity index (χ2v) is 11.7. The van der Waals surface area contributed by atoms with Crippen LogP contribution in [-0.4, -0.2) is 28.4 Å². The van der Waals surface area contributed by atoms with Crippen LogP contribution in [0.3, 0.4) is 0 Å². The molecule has 1 aromatic carbocycles. The lowest BCUT2D eigenvalue weighted by Crippen LogP contribution is -2.79. The lowest BCUT2D eigenvalue weighted by Gasteiger charge is -2.62. The van der Waals surface area contributed by atoms with E-state index in [1.54, 1.807) is 0 Å². The fourth-order valence-electron chi connectivity index (χ4n) is 9.13. The number of fused-ring (bicyclic) bond motifs is 3. The summed E-state index contributed by atoms with van der Waals surface area (Å²) in [5, 5.41) is 4.41. The molecule has 1 saturated heterocycles. The van der Waals surface area contributed by atoms with Gasteiger partial charge >= 0.3 is 0 Å². The highest BCUT2D eigenvalue weighted by Gasteiger charge is 2.80. The van der Waals surface area contributed by atoms with Crippen LogP contribution in [0.1, 0.15) is 63.5 Å². The summed E-state index contributed by atoms with van der Waals surface area (Å²) in [7, 11) is 0. The smallest absolute Gasteiger partial charge is 0.268 e. The Labute approximate surface area is 183 Å². The summed E-state index contributed by atoms with van der Waals surface area (Å²) in [4.78, 5) is 26.1. The molecule has 5 unspecified atom stereocenters. The molecule has 3 bridgehead atoms. The second kappa shape index (κ2) is 5.36. The van der Waals surface area contributed by atoms with Crippen LogP contribution < -0.4 is 10.7 Å². The average Bonchev–Trinajstić information content (AvgIpc) is 3.11. The number of benzene rings is 1. The van der Waals surface area contributed by atoms with Crippen molar-refractivity contribution in [3.63, 3.8) is 0 Å². The molecule has 0 radical (unpaired) electrons. The first-order valence-electron chi connectivity index (χ1n) is 12.0. The third-order valence-corrected chi connectivity index (χ3v) is 10.2. The number of aryl methyl sites for hydroxylation is 1. The van der Waals surface area contributed by atoms with E-state index in [0.717, 1.165) is 50.6 Å². The summed E-state index contributed by atoms with van der Waals surface area (Å²) in [5.41, 5.74) is 9.09. The number of carbonyl (C=O) groups excluding carboxylic acids is 2. The number of anilines is 1. The SMILES string of the molecule is CC1(C)C(=O)N([C@@H]2C3CC4CC5(C(N)=O)CC2CC45C3)N1c1cccc2c1C=CCC2. The predicted octanol–water partition coefficient (Wildman–Crippen LogP) is 3.67. The van der Waals surface area contributed by atoms with Gasteiger partial charge in [0.2, 0.25) is 5.91 Å². The summed E-state index contributed by atoms with van der Waals surface area (Å²) >= 11 is 0. The summed E-state index contributed by atoms with van der Waals surface area (Å²) in [6, 6.07) is 6.73. The molecule has 1 spiro atoms. The molecular weight excluding hydrogens is 386 g/mol. The largest absolute Gasteiger partial charge is 0.369 e. The minimum absolute atomic E-state index is 0.0815. The lowest BCUT2D eigenvalue weighted by atomic mass is 9.46. The third-order valence-electron chi connectivity index (χ3n) is 10.2. The minimum Gasteiger partial charge on any atom is -0.369 e. The van der Waals surface area contributed by atoms with E-state index in [9.17, 15) is 9.59 Å². The van der Waals surface area contributed by atoms with Crippen molar-refractivity contribution < 1.29 is 9.59 Å². The molecule has 1 heterocycles. The van der Waals surface area contributed by atoms with Gasteiger partial charge in [0.25, 0.3) is 5.91 Å². The van der Waals surface area contributed by atoms with Gasteiger partial charge in [0.05, 0.1) is 17.1 Å². The molecule has 4 saturated carbocycles. The molecule has 7 rings (SSSR count). The van der Waals surface area contributed by atoms with Gasteiger partial charge in [0, 0.05) is 5.56 Å². The van der Waals surface area contributed by atoms with Gasteiger partial charge in [-0.05, 0) is 93.6 Å². The summed E-state index contributed by atoms with van der Waals surface area (Å²) in [5.74, 6) is 1.65. The Morgan fingerprint density at radius 2 is 1.94 bits per heavy atom. The Bertz CT molecular complexity index is 1070. The number of hydrogen-bond acceptors (Lipinski definition) is 3. The Morgan fingerprint density at radius 1 is 1.13 bits per heavy atom. The van der Waals surface area contributed by atoms with Gasteiger partial charge in [-0.2, -0.15) is 0 Å². The Balaban J connectivity index is 1.31. The molecule has 162 valence electrons. The first-order valence-corrected chi connectivity index (χ1v) is 12.0. The van der Waals surface area contributed by atoms with Crippen molar-refractivity contribution in [2.45, 2.75) is 70.4 Å². The minimum atomic E-state index is -0.545. The molecule has 1 aliphatic heterocycles. The molecule has 0 aromatic heterocycles. The highest BCUT2D eigenvalue weighted by atomic mass is 16.2. The van der Waals surface area contributed by atoms with Crippen LogP contribution in [0, 0.1) is 28.6 Å². The van der Waals surface area contributed by atoms with E-state index in [-0.39, 0.29) is 28.7 Å². The van der Waals surface area contributed by atoms with E-state index in [0.29, 0.717) is 17.8 Å². The number of primary amides is 1. The van der Waals surface area contributed by atoms with E-state index in [4.69, 9.17) is 5.73 Å². The highest BCUT2D eigenvalue weighted by Crippen LogP contribution is 2.81. The zero-order valence-electron chi connectivity index (χ0n) is 18.4. The van der Waals surface area contributed by atoms with Gasteiger partial charge < -0.3 is 5.73 Å². The molecule has 2 amide bonds. The molecule has 5 nitrogen and oxygen atoms in total. The first kappa shape index (κ1) is 18.3. The van der Waals surface area contributed by atoms with E-state index in [1.807, 2.05) is 0 Å². The molecule has 1 aromatic rings. The quantitative estimate of drug-likeness (QED) is 0.816. The Kier molecular flexibility index (Phi) is 3.16. The number of nitrogens with zero attached hydrogens (tertiary/aromatic N) is 2. The maximum Gasteiger partial charge on any atom is 0.268 e. The number of carbonyl (C=O) groups is 2. The van der Waals surface area contributed by atoms with E-state index in [2.05, 4.69) is 54.2 Å². The van der Waals surface area contributed by atoms with Crippen LogP contribution in [0.15, 0.2) is 24.3 Å². The topological polar surface area (TPSA) is 66.6 Å². The molecule has 6 atom stereocenters. The van der Waals surface area contributed by atoms with E-state index < -0.39 is 5.54 Å². The fraction of sp³-hybridized carbons (Fsp3) is 0.615. The van der Waals surface area contributed by atoms with Gasteiger partial charge in [-0.1, -0.05) is 24.3 Å². The second-order valence-electron chi connectivity index (χ2n) is 11.7. The van der Waals surface area contributed by atoms with Crippen LogP contribution in [0.25, 0.3) is 6.08 Å². The molecule has 5 fully saturated rings. The van der Waals surface area contributed by atoms with Crippen molar-refractivity contribution in [3.8, 4) is 0 Å². The van der Waals surface area contributed by atoms with Crippen molar-refractivity contribution >= 4 is 23.6 Å². The molecule has 31 heavy (non-hydrogen) atoms. The first-order chi connectivity index (χ1) is 14.8. The monoisotopic (exact) mass is 417 g/mol. The van der Waals surface area contributed by atoms with Crippen molar-refractivity contribution in [2.75, 3.05) is 5.01 Å². The van der Waals surface area contributed by atoms with Crippen molar-refractivity contribution in [1.82, 2.24) is 5.01 Å². The standard InChI is InChI=1S/C26H31N3O2/c1-24(2)23(31)28(29(24)20-9-5-7-15-6-3-4-8-19(15)20)21-16-10-18-14-26(22(27)30)13-17(21)12-25(18,26)11-16/h4-5,7-9,16-18,21H,3,6,10-14H2,1-2H3,(H2,27,30)/t16?,17?,18?,21-,25?,26?/m1/s1. The van der Waals surface area contributed by atoms with Crippen molar-refractivity contribution in [2.24, 2.45) is 34.3 Å². The maximum absolute atomic E-state index is 13.6. The number of hydrogen-bond donors (Lipinski definition) is 1. The van der Waals surface area contributed by atoms with Crippen LogP contribution in [-0.2, 0) is 16.0 Å². The van der Waals surface area contributed by atoms with E-state index >= 15 is 0 Å². The fourth-order valence-corrected chi connectivity index (χ4v) is 9.13. The number of rotatable bonds is 3. The molecule has 2 N–H and O–H groups in total. The van der Waals surface area contributed by atoms with Gasteiger partial charge in [0.15, 0.2) is 0 Å². The molecule has 6 aliphatic rings. The number of nitrogens with two attached hydrogens (primary N) is 1. The van der Waals surface area contributed by atoms with Gasteiger partial charge in [-0.25, -0.2) is 5.01 Å². The summed E-state index contributed by atoms with van der Waals surface area (Å²) in [6.07, 6.45) is 11.8. The Morgan fingerprint density at radius 3 is 2.74 bits per heavy atom. The van der Waals surface area contributed by atoms with Gasteiger partial charge in [0.1, 0.15) is 5.54 Å². The number of allylic oxidation sites excluding steroid dienone is 1.